The quantitative estimate of drug-likeness (QED) is 0.836. The summed E-state index contributed by atoms with van der Waals surface area (Å²) in [5, 5.41) is 9.21. The number of hydrogen-bond acceptors (Lipinski definition) is 2. The van der Waals surface area contributed by atoms with Crippen molar-refractivity contribution in [2.75, 3.05) is 6.61 Å². The number of ether oxygens (including phenoxy) is 1. The molecule has 0 saturated carbocycles. The molecule has 19 heavy (non-hydrogen) atoms. The zero-order chi connectivity index (χ0) is 14.7. The summed E-state index contributed by atoms with van der Waals surface area (Å²) in [5.41, 5.74) is 0.976. The Balaban J connectivity index is 2.82. The van der Waals surface area contributed by atoms with Crippen LogP contribution in [0.1, 0.15) is 53.5 Å². The van der Waals surface area contributed by atoms with E-state index in [-0.39, 0.29) is 12.0 Å². The smallest absolute Gasteiger partial charge is 0.126 e. The van der Waals surface area contributed by atoms with Crippen LogP contribution >= 0.6 is 0 Å². The van der Waals surface area contributed by atoms with Crippen LogP contribution in [0.15, 0.2) is 24.3 Å². The van der Waals surface area contributed by atoms with Gasteiger partial charge in [0.2, 0.25) is 0 Å². The molecule has 0 amide bonds. The first-order valence-corrected chi connectivity index (χ1v) is 7.07. The summed E-state index contributed by atoms with van der Waals surface area (Å²) in [6.45, 7) is 12.8. The van der Waals surface area contributed by atoms with E-state index in [4.69, 9.17) is 4.74 Å². The highest BCUT2D eigenvalue weighted by Gasteiger charge is 2.22. The van der Waals surface area contributed by atoms with Gasteiger partial charge < -0.3 is 9.84 Å². The molecule has 0 aromatic heterocycles. The van der Waals surface area contributed by atoms with Crippen LogP contribution in [0.5, 0.6) is 5.75 Å². The van der Waals surface area contributed by atoms with Crippen LogP contribution in [-0.2, 0) is 5.41 Å². The second-order valence-corrected chi connectivity index (χ2v) is 7.03. The van der Waals surface area contributed by atoms with Crippen LogP contribution in [-0.4, -0.2) is 17.3 Å². The number of aliphatic hydroxyl groups is 1. The lowest BCUT2D eigenvalue weighted by Gasteiger charge is -2.28. The van der Waals surface area contributed by atoms with Crippen molar-refractivity contribution in [3.05, 3.63) is 29.8 Å². The zero-order valence-corrected chi connectivity index (χ0v) is 13.2. The van der Waals surface area contributed by atoms with Crippen molar-refractivity contribution >= 4 is 0 Å². The molecule has 2 nitrogen and oxygen atoms in total. The Morgan fingerprint density at radius 1 is 1.05 bits per heavy atom. The van der Waals surface area contributed by atoms with Crippen LogP contribution in [0.25, 0.3) is 0 Å². The minimum absolute atomic E-state index is 0.00753. The van der Waals surface area contributed by atoms with Gasteiger partial charge in [0.15, 0.2) is 0 Å². The van der Waals surface area contributed by atoms with E-state index in [2.05, 4.69) is 39.8 Å². The average molecular weight is 264 g/mol. The molecule has 0 atom stereocenters. The Morgan fingerprint density at radius 3 is 2.00 bits per heavy atom. The van der Waals surface area contributed by atoms with E-state index in [0.717, 1.165) is 12.2 Å². The fraction of sp³-hybridized carbons (Fsp3) is 0.647. The van der Waals surface area contributed by atoms with E-state index in [1.165, 1.54) is 5.56 Å². The summed E-state index contributed by atoms with van der Waals surface area (Å²) < 4.78 is 5.75. The maximum absolute atomic E-state index is 9.21. The van der Waals surface area contributed by atoms with Crippen LogP contribution in [0.2, 0.25) is 0 Å². The molecule has 1 aromatic rings. The molecule has 0 heterocycles. The molecule has 0 spiro atoms. The monoisotopic (exact) mass is 264 g/mol. The number of rotatable bonds is 6. The lowest BCUT2D eigenvalue weighted by atomic mass is 9.78. The summed E-state index contributed by atoms with van der Waals surface area (Å²) in [4.78, 5) is 0. The highest BCUT2D eigenvalue weighted by molar-refractivity contribution is 5.32. The SMILES string of the molecule is CC(C)CC(C)(C)c1ccc(OC(C)(C)CO)cc1. The van der Waals surface area contributed by atoms with Gasteiger partial charge in [-0.15, -0.1) is 0 Å². The third-order valence-corrected chi connectivity index (χ3v) is 3.33. The summed E-state index contributed by atoms with van der Waals surface area (Å²) in [6.07, 6.45) is 1.16. The Kier molecular flexibility index (Phi) is 5.03. The summed E-state index contributed by atoms with van der Waals surface area (Å²) in [6, 6.07) is 8.25. The first-order valence-electron chi connectivity index (χ1n) is 7.07. The molecule has 0 aliphatic heterocycles. The predicted molar refractivity (Wildman–Crippen MR) is 80.7 cm³/mol. The molecule has 1 aromatic carbocycles. The van der Waals surface area contributed by atoms with Crippen molar-refractivity contribution in [3.8, 4) is 5.75 Å². The van der Waals surface area contributed by atoms with Gasteiger partial charge in [0.25, 0.3) is 0 Å². The fourth-order valence-electron chi connectivity index (χ4n) is 2.46. The van der Waals surface area contributed by atoms with Gasteiger partial charge in [-0.05, 0) is 49.3 Å². The minimum atomic E-state index is -0.533. The van der Waals surface area contributed by atoms with Crippen molar-refractivity contribution < 1.29 is 9.84 Å². The van der Waals surface area contributed by atoms with Gasteiger partial charge in [-0.2, -0.15) is 0 Å². The van der Waals surface area contributed by atoms with Gasteiger partial charge in [0, 0.05) is 0 Å². The van der Waals surface area contributed by atoms with Gasteiger partial charge in [-0.25, -0.2) is 0 Å². The molecule has 2 heteroatoms. The van der Waals surface area contributed by atoms with Gasteiger partial charge in [0.1, 0.15) is 11.4 Å². The molecule has 0 aliphatic carbocycles. The molecule has 0 unspecified atom stereocenters. The molecule has 0 aliphatic rings. The molecule has 108 valence electrons. The minimum Gasteiger partial charge on any atom is -0.485 e. The van der Waals surface area contributed by atoms with Crippen molar-refractivity contribution in [2.24, 2.45) is 5.92 Å². The molecular formula is C17H28O2. The Labute approximate surface area is 117 Å². The second kappa shape index (κ2) is 5.96. The lowest BCUT2D eigenvalue weighted by Crippen LogP contribution is -2.32. The van der Waals surface area contributed by atoms with Crippen molar-refractivity contribution in [3.63, 3.8) is 0 Å². The largest absolute Gasteiger partial charge is 0.485 e. The normalized spacial score (nSPS) is 12.8. The average Bonchev–Trinajstić information content (AvgIpc) is 2.27. The maximum atomic E-state index is 9.21. The molecule has 1 N–H and O–H groups in total. The van der Waals surface area contributed by atoms with Gasteiger partial charge in [-0.3, -0.25) is 0 Å². The van der Waals surface area contributed by atoms with Gasteiger partial charge in [0.05, 0.1) is 6.61 Å². The Bertz CT molecular complexity index is 388. The highest BCUT2D eigenvalue weighted by atomic mass is 16.5. The predicted octanol–water partition coefficient (Wildman–Crippen LogP) is 4.16. The van der Waals surface area contributed by atoms with Gasteiger partial charge in [-0.1, -0.05) is 39.8 Å². The molecule has 1 rings (SSSR count). The third-order valence-electron chi connectivity index (χ3n) is 3.33. The Morgan fingerprint density at radius 2 is 1.58 bits per heavy atom. The summed E-state index contributed by atoms with van der Waals surface area (Å²) in [5.74, 6) is 1.49. The fourth-order valence-corrected chi connectivity index (χ4v) is 2.46. The van der Waals surface area contributed by atoms with E-state index in [9.17, 15) is 5.11 Å². The number of benzene rings is 1. The number of aliphatic hydroxyl groups excluding tert-OH is 1. The van der Waals surface area contributed by atoms with Gasteiger partial charge >= 0.3 is 0 Å². The summed E-state index contributed by atoms with van der Waals surface area (Å²) in [7, 11) is 0. The van der Waals surface area contributed by atoms with E-state index in [1.807, 2.05) is 26.0 Å². The first kappa shape index (κ1) is 16.0. The van der Waals surface area contributed by atoms with Crippen LogP contribution in [0.3, 0.4) is 0 Å². The van der Waals surface area contributed by atoms with Crippen molar-refractivity contribution in [2.45, 2.75) is 59.0 Å². The lowest BCUT2D eigenvalue weighted by molar-refractivity contribution is 0.0412. The highest BCUT2D eigenvalue weighted by Crippen LogP contribution is 2.31. The third kappa shape index (κ3) is 4.87. The molecular weight excluding hydrogens is 236 g/mol. The Hall–Kier alpha value is -1.02. The maximum Gasteiger partial charge on any atom is 0.126 e. The molecule has 0 saturated heterocycles. The van der Waals surface area contributed by atoms with Crippen molar-refractivity contribution in [1.29, 1.82) is 0 Å². The summed E-state index contributed by atoms with van der Waals surface area (Å²) >= 11 is 0. The van der Waals surface area contributed by atoms with Crippen LogP contribution in [0.4, 0.5) is 0 Å². The standard InChI is InChI=1S/C17H28O2/c1-13(2)11-16(3,4)14-7-9-15(10-8-14)19-17(5,6)12-18/h7-10,13,18H,11-12H2,1-6H3. The topological polar surface area (TPSA) is 29.5 Å². The van der Waals surface area contributed by atoms with E-state index in [0.29, 0.717) is 5.92 Å². The van der Waals surface area contributed by atoms with Crippen molar-refractivity contribution in [1.82, 2.24) is 0 Å². The second-order valence-electron chi connectivity index (χ2n) is 7.03. The molecule has 0 fully saturated rings. The molecule has 0 radical (unpaired) electrons. The van der Waals surface area contributed by atoms with E-state index < -0.39 is 5.60 Å². The number of hydrogen-bond donors (Lipinski definition) is 1. The molecule has 0 bridgehead atoms. The first-order chi connectivity index (χ1) is 8.66. The van der Waals surface area contributed by atoms with Crippen LogP contribution < -0.4 is 4.74 Å². The van der Waals surface area contributed by atoms with E-state index >= 15 is 0 Å². The van der Waals surface area contributed by atoms with Crippen LogP contribution in [0, 0.1) is 5.92 Å². The van der Waals surface area contributed by atoms with E-state index in [1.54, 1.807) is 0 Å². The zero-order valence-electron chi connectivity index (χ0n) is 13.2.